The average molecular weight is 314 g/mol. The van der Waals surface area contributed by atoms with Crippen molar-refractivity contribution >= 4 is 11.5 Å². The van der Waals surface area contributed by atoms with Crippen molar-refractivity contribution in [2.24, 2.45) is 0 Å². The normalized spacial score (nSPS) is 22.4. The van der Waals surface area contributed by atoms with E-state index in [4.69, 9.17) is 0 Å². The Bertz CT molecular complexity index is 634. The first-order chi connectivity index (χ1) is 10.7. The zero-order valence-electron chi connectivity index (χ0n) is 13.1. The SMILES string of the molecule is CN[S+]([O-])N(C)C1(c2ccccc2)CCCc2ccccc21. The van der Waals surface area contributed by atoms with Crippen molar-refractivity contribution in [2.75, 3.05) is 14.1 Å². The van der Waals surface area contributed by atoms with Crippen LogP contribution in [0.15, 0.2) is 54.6 Å². The molecule has 0 amide bonds. The molecule has 1 aliphatic rings. The van der Waals surface area contributed by atoms with Gasteiger partial charge in [-0.05, 0) is 36.0 Å². The van der Waals surface area contributed by atoms with Gasteiger partial charge in [-0.3, -0.25) is 0 Å². The molecule has 116 valence electrons. The van der Waals surface area contributed by atoms with Gasteiger partial charge < -0.3 is 4.55 Å². The van der Waals surface area contributed by atoms with Crippen molar-refractivity contribution in [3.63, 3.8) is 0 Å². The molecule has 2 unspecified atom stereocenters. The first kappa shape index (κ1) is 15.6. The number of nitrogens with one attached hydrogen (secondary N) is 1. The van der Waals surface area contributed by atoms with Crippen molar-refractivity contribution in [2.45, 2.75) is 24.8 Å². The molecule has 1 N–H and O–H groups in total. The second-order valence-corrected chi connectivity index (χ2v) is 7.14. The van der Waals surface area contributed by atoms with Crippen molar-refractivity contribution in [3.8, 4) is 0 Å². The fourth-order valence-electron chi connectivity index (χ4n) is 3.61. The van der Waals surface area contributed by atoms with Crippen LogP contribution in [0.3, 0.4) is 0 Å². The lowest BCUT2D eigenvalue weighted by Gasteiger charge is -2.44. The molecule has 1 aliphatic carbocycles. The molecule has 0 spiro atoms. The van der Waals surface area contributed by atoms with Gasteiger partial charge in [-0.2, -0.15) is 0 Å². The van der Waals surface area contributed by atoms with Gasteiger partial charge >= 0.3 is 0 Å². The first-order valence-electron chi connectivity index (χ1n) is 7.67. The highest BCUT2D eigenvalue weighted by Crippen LogP contribution is 2.45. The van der Waals surface area contributed by atoms with Gasteiger partial charge in [-0.25, -0.2) is 0 Å². The summed E-state index contributed by atoms with van der Waals surface area (Å²) in [6.07, 6.45) is 3.15. The van der Waals surface area contributed by atoms with Gasteiger partial charge in [0, 0.05) is 14.1 Å². The Hall–Kier alpha value is -1.33. The van der Waals surface area contributed by atoms with E-state index in [1.54, 1.807) is 7.05 Å². The molecule has 0 radical (unpaired) electrons. The molecule has 0 aliphatic heterocycles. The number of hydrogen-bond acceptors (Lipinski definition) is 3. The number of rotatable bonds is 4. The average Bonchev–Trinajstić information content (AvgIpc) is 2.60. The van der Waals surface area contributed by atoms with E-state index in [9.17, 15) is 4.55 Å². The second-order valence-electron chi connectivity index (χ2n) is 5.69. The molecule has 3 nitrogen and oxygen atoms in total. The lowest BCUT2D eigenvalue weighted by molar-refractivity contribution is 0.233. The predicted octanol–water partition coefficient (Wildman–Crippen LogP) is 3.00. The van der Waals surface area contributed by atoms with Crippen LogP contribution in [0.4, 0.5) is 0 Å². The molecule has 0 aromatic heterocycles. The fourth-order valence-corrected chi connectivity index (χ4v) is 4.46. The minimum atomic E-state index is -1.23. The number of fused-ring (bicyclic) bond motifs is 1. The van der Waals surface area contributed by atoms with Crippen LogP contribution in [-0.2, 0) is 23.5 Å². The first-order valence-corrected chi connectivity index (χ1v) is 8.78. The molecule has 0 bridgehead atoms. The van der Waals surface area contributed by atoms with Crippen molar-refractivity contribution < 1.29 is 4.55 Å². The Morgan fingerprint density at radius 3 is 2.50 bits per heavy atom. The third-order valence-electron chi connectivity index (χ3n) is 4.66. The molecule has 0 saturated carbocycles. The topological polar surface area (TPSA) is 38.3 Å². The van der Waals surface area contributed by atoms with E-state index in [0.29, 0.717) is 0 Å². The summed E-state index contributed by atoms with van der Waals surface area (Å²) in [7, 11) is 3.68. The molecule has 2 aromatic rings. The highest BCUT2D eigenvalue weighted by molar-refractivity contribution is 7.87. The van der Waals surface area contributed by atoms with Crippen LogP contribution in [0.25, 0.3) is 0 Å². The van der Waals surface area contributed by atoms with E-state index >= 15 is 0 Å². The maximum atomic E-state index is 12.5. The number of nitrogens with zero attached hydrogens (tertiary/aromatic N) is 1. The summed E-state index contributed by atoms with van der Waals surface area (Å²) >= 11 is -1.23. The minimum Gasteiger partial charge on any atom is -0.579 e. The smallest absolute Gasteiger partial charge is 0.138 e. The minimum absolute atomic E-state index is 0.343. The Kier molecular flexibility index (Phi) is 4.54. The Morgan fingerprint density at radius 1 is 1.09 bits per heavy atom. The predicted molar refractivity (Wildman–Crippen MR) is 91.6 cm³/mol. The summed E-state index contributed by atoms with van der Waals surface area (Å²) in [5.41, 5.74) is 3.49. The fraction of sp³-hybridized carbons (Fsp3) is 0.333. The molecule has 3 rings (SSSR count). The lowest BCUT2D eigenvalue weighted by atomic mass is 9.72. The molecule has 4 heteroatoms. The van der Waals surface area contributed by atoms with Crippen LogP contribution in [0.5, 0.6) is 0 Å². The Morgan fingerprint density at radius 2 is 1.77 bits per heavy atom. The monoisotopic (exact) mass is 314 g/mol. The highest BCUT2D eigenvalue weighted by atomic mass is 32.2. The van der Waals surface area contributed by atoms with Gasteiger partial charge in [0.2, 0.25) is 0 Å². The second kappa shape index (κ2) is 6.42. The van der Waals surface area contributed by atoms with Gasteiger partial charge in [0.15, 0.2) is 0 Å². The zero-order valence-corrected chi connectivity index (χ0v) is 13.9. The maximum Gasteiger partial charge on any atom is 0.138 e. The number of hydrogen-bond donors (Lipinski definition) is 1. The summed E-state index contributed by atoms with van der Waals surface area (Å²) in [5.74, 6) is 0. The van der Waals surface area contributed by atoms with Gasteiger partial charge in [0.1, 0.15) is 17.1 Å². The van der Waals surface area contributed by atoms with Crippen LogP contribution in [-0.4, -0.2) is 23.0 Å². The van der Waals surface area contributed by atoms with Crippen molar-refractivity contribution in [1.29, 1.82) is 0 Å². The summed E-state index contributed by atoms with van der Waals surface area (Å²) in [5, 5.41) is 0. The summed E-state index contributed by atoms with van der Waals surface area (Å²) in [4.78, 5) is 0. The van der Waals surface area contributed by atoms with Crippen molar-refractivity contribution in [3.05, 3.63) is 71.3 Å². The third kappa shape index (κ3) is 2.46. The quantitative estimate of drug-likeness (QED) is 0.882. The maximum absolute atomic E-state index is 12.5. The lowest BCUT2D eigenvalue weighted by Crippen LogP contribution is -2.52. The summed E-state index contributed by atoms with van der Waals surface area (Å²) in [6, 6.07) is 19.0. The van der Waals surface area contributed by atoms with Crippen LogP contribution in [0.1, 0.15) is 29.5 Å². The van der Waals surface area contributed by atoms with Gasteiger partial charge in [0.25, 0.3) is 0 Å². The third-order valence-corrected chi connectivity index (χ3v) is 5.82. The molecule has 22 heavy (non-hydrogen) atoms. The Labute approximate surface area is 135 Å². The van der Waals surface area contributed by atoms with E-state index in [0.717, 1.165) is 19.3 Å². The molecular formula is C18H22N2OS. The van der Waals surface area contributed by atoms with Crippen molar-refractivity contribution in [1.82, 2.24) is 9.03 Å². The highest BCUT2D eigenvalue weighted by Gasteiger charge is 2.47. The number of aryl methyl sites for hydroxylation is 1. The Balaban J connectivity index is 2.22. The molecule has 0 heterocycles. The molecular weight excluding hydrogens is 292 g/mol. The van der Waals surface area contributed by atoms with E-state index < -0.39 is 11.5 Å². The van der Waals surface area contributed by atoms with E-state index in [2.05, 4.69) is 53.3 Å². The van der Waals surface area contributed by atoms with Gasteiger partial charge in [-0.1, -0.05) is 58.9 Å². The van der Waals surface area contributed by atoms with Gasteiger partial charge in [0.05, 0.1) is 0 Å². The van der Waals surface area contributed by atoms with Crippen LogP contribution < -0.4 is 4.72 Å². The van der Waals surface area contributed by atoms with E-state index in [1.165, 1.54) is 16.7 Å². The number of benzene rings is 2. The molecule has 0 fully saturated rings. The largest absolute Gasteiger partial charge is 0.579 e. The summed E-state index contributed by atoms with van der Waals surface area (Å²) in [6.45, 7) is 0. The molecule has 2 aromatic carbocycles. The molecule has 2 atom stereocenters. The van der Waals surface area contributed by atoms with Gasteiger partial charge in [-0.15, -0.1) is 4.72 Å². The van der Waals surface area contributed by atoms with Crippen LogP contribution >= 0.6 is 0 Å². The molecule has 0 saturated heterocycles. The zero-order chi connectivity index (χ0) is 15.6. The standard InChI is InChI=1S/C18H22N2OS/c1-19-22(21)20(2)18(16-11-4-3-5-12-16)14-8-10-15-9-6-7-13-17(15)18/h3-7,9,11-13,19H,8,10,14H2,1-2H3. The van der Waals surface area contributed by atoms with Crippen LogP contribution in [0, 0.1) is 0 Å². The summed E-state index contributed by atoms with van der Waals surface area (Å²) < 4.78 is 17.4. The van der Waals surface area contributed by atoms with E-state index in [-0.39, 0.29) is 5.54 Å². The van der Waals surface area contributed by atoms with Crippen LogP contribution in [0.2, 0.25) is 0 Å². The van der Waals surface area contributed by atoms with E-state index in [1.807, 2.05) is 17.4 Å².